The van der Waals surface area contributed by atoms with Crippen molar-refractivity contribution in [2.75, 3.05) is 6.61 Å². The summed E-state index contributed by atoms with van der Waals surface area (Å²) in [5.41, 5.74) is -0.415. The molecule has 3 aliphatic heterocycles. The van der Waals surface area contributed by atoms with Crippen LogP contribution in [0.2, 0.25) is 0 Å². The molecule has 0 radical (unpaired) electrons. The van der Waals surface area contributed by atoms with Gasteiger partial charge in [0.2, 0.25) is 0 Å². The van der Waals surface area contributed by atoms with Crippen LogP contribution in [0, 0.1) is 52.3 Å². The molecule has 26 atom stereocenters. The molecule has 0 unspecified atom stereocenters. The lowest BCUT2D eigenvalue weighted by Crippen LogP contribution is -2.64. The summed E-state index contributed by atoms with van der Waals surface area (Å²) in [7, 11) is 0. The molecule has 0 amide bonds. The maximum atomic E-state index is 13.0. The molecule has 3 heterocycles. The van der Waals surface area contributed by atoms with Crippen LogP contribution in [0.25, 0.3) is 0 Å². The largest absolute Gasteiger partial charge is 0.459 e. The van der Waals surface area contributed by atoms with Gasteiger partial charge in [-0.05, 0) is 105 Å². The molecule has 9 N–H and O–H groups in total. The Hall–Kier alpha value is -1.13. The van der Waals surface area contributed by atoms with E-state index in [9.17, 15) is 50.8 Å². The third-order valence-corrected chi connectivity index (χ3v) is 17.4. The first-order chi connectivity index (χ1) is 30.1. The smallest absolute Gasteiger partial charge is 0.303 e. The number of hydrogen-bond acceptors (Lipinski definition) is 17. The van der Waals surface area contributed by atoms with Crippen LogP contribution in [0.1, 0.15) is 120 Å². The molecule has 0 aromatic rings. The first kappa shape index (κ1) is 50.7. The van der Waals surface area contributed by atoms with Gasteiger partial charge < -0.3 is 79.1 Å². The fourth-order valence-electron chi connectivity index (χ4n) is 14.0. The molecule has 370 valence electrons. The number of esters is 1. The number of carbonyl (C=O) groups excluding carboxylic acids is 1. The van der Waals surface area contributed by atoms with Gasteiger partial charge in [-0.2, -0.15) is 0 Å². The van der Waals surface area contributed by atoms with E-state index >= 15 is 0 Å². The highest BCUT2D eigenvalue weighted by Gasteiger charge is 2.69. The van der Waals surface area contributed by atoms with E-state index < -0.39 is 117 Å². The Labute approximate surface area is 378 Å². The second-order valence-corrected chi connectivity index (χ2v) is 21.8. The molecule has 7 fully saturated rings. The maximum Gasteiger partial charge on any atom is 0.303 e. The number of ether oxygens (including phenoxy) is 7. The average molecular weight is 917 g/mol. The van der Waals surface area contributed by atoms with E-state index in [0.717, 1.165) is 51.4 Å². The van der Waals surface area contributed by atoms with Crippen LogP contribution in [0.4, 0.5) is 0 Å². The van der Waals surface area contributed by atoms with Gasteiger partial charge in [0.25, 0.3) is 0 Å². The van der Waals surface area contributed by atoms with Gasteiger partial charge in [0, 0.05) is 12.8 Å². The van der Waals surface area contributed by atoms with Gasteiger partial charge in [-0.3, -0.25) is 4.79 Å². The highest BCUT2D eigenvalue weighted by molar-refractivity contribution is 5.66. The molecule has 0 bridgehead atoms. The van der Waals surface area contributed by atoms with Gasteiger partial charge >= 0.3 is 5.97 Å². The number of hydrogen-bond donors (Lipinski definition) is 9. The fourth-order valence-corrected chi connectivity index (χ4v) is 14.0. The Morgan fingerprint density at radius 3 is 1.83 bits per heavy atom. The minimum Gasteiger partial charge on any atom is -0.459 e. The molecule has 17 nitrogen and oxygen atoms in total. The van der Waals surface area contributed by atoms with E-state index in [0.29, 0.717) is 18.8 Å². The van der Waals surface area contributed by atoms with Gasteiger partial charge in [-0.25, -0.2) is 0 Å². The number of carbonyl (C=O) groups is 1. The third kappa shape index (κ3) is 9.46. The summed E-state index contributed by atoms with van der Waals surface area (Å²) in [5.74, 6) is 0.879. The van der Waals surface area contributed by atoms with Crippen LogP contribution >= 0.6 is 0 Å². The van der Waals surface area contributed by atoms with Crippen LogP contribution < -0.4 is 0 Å². The summed E-state index contributed by atoms with van der Waals surface area (Å²) in [5, 5.41) is 96.3. The van der Waals surface area contributed by atoms with Crippen LogP contribution in [0.3, 0.4) is 0 Å². The average Bonchev–Trinajstić information content (AvgIpc) is 3.48. The SMILES string of the molecule is CC(=O)O[C@H]1[C@@H](O[C@@H]2O[C@@H](C)[C@H](O)[C@@H](O)[C@H]2O)[C@@H]2[C@@H]3CC[C@H]4C[C@@H](O[C@@H]5O[C@H](CO)[C@@H](O)[C@H](O)[C@H]5O[C@@H]5O[C@@H](C)[C@H](O)[C@@H](O)[C@H]5O)CC[C@]4(C)[C@H]3CC[C@]2(C)[C@H]1[C@H](C)CCCC(C)C. The molecule has 64 heavy (non-hydrogen) atoms. The van der Waals surface area contributed by atoms with Crippen molar-refractivity contribution in [3.05, 3.63) is 0 Å². The molecule has 0 aromatic carbocycles. The predicted octanol–water partition coefficient (Wildman–Crippen LogP) is 1.51. The van der Waals surface area contributed by atoms with Gasteiger partial charge in [0.15, 0.2) is 18.9 Å². The van der Waals surface area contributed by atoms with E-state index in [1.165, 1.54) is 13.8 Å². The summed E-state index contributed by atoms with van der Waals surface area (Å²) >= 11 is 0. The lowest BCUT2D eigenvalue weighted by molar-refractivity contribution is -0.371. The topological polar surface area (TPSA) is 264 Å². The quantitative estimate of drug-likeness (QED) is 0.0937. The summed E-state index contributed by atoms with van der Waals surface area (Å²) in [6.45, 7) is 15.4. The predicted molar refractivity (Wildman–Crippen MR) is 226 cm³/mol. The van der Waals surface area contributed by atoms with E-state index in [4.69, 9.17) is 33.2 Å². The Morgan fingerprint density at radius 1 is 0.656 bits per heavy atom. The Morgan fingerprint density at radius 2 is 1.25 bits per heavy atom. The van der Waals surface area contributed by atoms with Crippen molar-refractivity contribution in [2.24, 2.45) is 52.3 Å². The van der Waals surface area contributed by atoms with Crippen LogP contribution in [0.15, 0.2) is 0 Å². The molecule has 7 rings (SSSR count). The monoisotopic (exact) mass is 917 g/mol. The van der Waals surface area contributed by atoms with Crippen molar-refractivity contribution in [1.82, 2.24) is 0 Å². The molecule has 17 heteroatoms. The number of rotatable bonds is 13. The molecular weight excluding hydrogens is 836 g/mol. The van der Waals surface area contributed by atoms with Crippen LogP contribution in [-0.2, 0) is 38.0 Å². The summed E-state index contributed by atoms with van der Waals surface area (Å²) < 4.78 is 43.6. The lowest BCUT2D eigenvalue weighted by Gasteiger charge is -2.61. The van der Waals surface area contributed by atoms with Gasteiger partial charge in [-0.1, -0.05) is 53.9 Å². The van der Waals surface area contributed by atoms with Gasteiger partial charge in [-0.15, -0.1) is 0 Å². The van der Waals surface area contributed by atoms with E-state index in [-0.39, 0.29) is 52.4 Å². The Balaban J connectivity index is 1.13. The molecule has 4 aliphatic carbocycles. The van der Waals surface area contributed by atoms with Crippen molar-refractivity contribution < 1.29 is 83.9 Å². The van der Waals surface area contributed by atoms with Crippen molar-refractivity contribution >= 4 is 5.97 Å². The van der Waals surface area contributed by atoms with Crippen LogP contribution in [-0.4, -0.2) is 169 Å². The first-order valence-corrected chi connectivity index (χ1v) is 24.3. The zero-order chi connectivity index (χ0) is 46.7. The van der Waals surface area contributed by atoms with Crippen molar-refractivity contribution in [1.29, 1.82) is 0 Å². The normalized spacial score (nSPS) is 52.4. The fraction of sp³-hybridized carbons (Fsp3) is 0.979. The second kappa shape index (κ2) is 20.1. The molecule has 0 spiro atoms. The number of aliphatic hydroxyl groups is 9. The Kier molecular flexibility index (Phi) is 15.9. The molecule has 3 saturated heterocycles. The van der Waals surface area contributed by atoms with Gasteiger partial charge in [0.1, 0.15) is 73.2 Å². The molecule has 0 aromatic heterocycles. The number of aliphatic hydroxyl groups excluding tert-OH is 9. The van der Waals surface area contributed by atoms with Crippen molar-refractivity contribution in [3.63, 3.8) is 0 Å². The van der Waals surface area contributed by atoms with Crippen molar-refractivity contribution in [2.45, 2.75) is 230 Å². The highest BCUT2D eigenvalue weighted by atomic mass is 16.8. The summed E-state index contributed by atoms with van der Waals surface area (Å²) in [6.07, 6.45) is -13.3. The lowest BCUT2D eigenvalue weighted by atomic mass is 9.44. The summed E-state index contributed by atoms with van der Waals surface area (Å²) in [4.78, 5) is 13.0. The molecular formula is C47H80O17. The first-order valence-electron chi connectivity index (χ1n) is 24.3. The zero-order valence-corrected chi connectivity index (χ0v) is 39.0. The zero-order valence-electron chi connectivity index (χ0n) is 39.0. The minimum atomic E-state index is -1.67. The van der Waals surface area contributed by atoms with Crippen LogP contribution in [0.5, 0.6) is 0 Å². The minimum absolute atomic E-state index is 0.0400. The van der Waals surface area contributed by atoms with E-state index in [1.54, 1.807) is 6.92 Å². The Bertz CT molecular complexity index is 1560. The summed E-state index contributed by atoms with van der Waals surface area (Å²) in [6, 6.07) is 0. The maximum absolute atomic E-state index is 13.0. The molecule has 4 saturated carbocycles. The van der Waals surface area contributed by atoms with Gasteiger partial charge in [0.05, 0.1) is 24.9 Å². The third-order valence-electron chi connectivity index (χ3n) is 17.4. The van der Waals surface area contributed by atoms with E-state index in [1.807, 2.05) is 0 Å². The number of fused-ring (bicyclic) bond motifs is 5. The standard InChI is InChI=1S/C47H80O17/c1-20(2)10-9-11-21(3)30-40(60-24(6)49)41(63-43-38(56)35(53)32(50)22(4)58-43)31-27-13-12-25-18-26(14-16-46(25,7)28(27)15-17-47(30,31)8)61-45-42(37(55)34(52)29(19-48)62-45)64-44-39(57)36(54)33(51)23(5)59-44/h20-23,25-45,48,50-57H,9-19H2,1-8H3/t21-,22+,23+,25+,26+,27-,28+,29-,30+,31+,32+,33+,34-,35-,36-,37+,38-,39-,40-,41+,42-,43+,44+,45-,46+,47-/m1/s1. The molecule has 7 aliphatic rings. The van der Waals surface area contributed by atoms with Crippen molar-refractivity contribution in [3.8, 4) is 0 Å². The highest BCUT2D eigenvalue weighted by Crippen LogP contribution is 2.69. The van der Waals surface area contributed by atoms with E-state index in [2.05, 4.69) is 34.6 Å². The second-order valence-electron chi connectivity index (χ2n) is 21.8.